The molecule has 0 bridgehead atoms. The maximum atomic E-state index is 12.3. The number of para-hydroxylation sites is 2. The van der Waals surface area contributed by atoms with E-state index in [9.17, 15) is 9.59 Å². The summed E-state index contributed by atoms with van der Waals surface area (Å²) in [5.41, 5.74) is 1.88. The molecule has 2 amide bonds. The van der Waals surface area contributed by atoms with Crippen molar-refractivity contribution < 1.29 is 9.59 Å². The highest BCUT2D eigenvalue weighted by Crippen LogP contribution is 2.21. The third-order valence-electron chi connectivity index (χ3n) is 4.73. The summed E-state index contributed by atoms with van der Waals surface area (Å²) >= 11 is 0. The molecular formula is C18H24N4O2. The van der Waals surface area contributed by atoms with E-state index in [0.717, 1.165) is 42.8 Å². The quantitative estimate of drug-likeness (QED) is 0.904. The van der Waals surface area contributed by atoms with Gasteiger partial charge >= 0.3 is 0 Å². The van der Waals surface area contributed by atoms with E-state index in [-0.39, 0.29) is 17.9 Å². The molecule has 6 heteroatoms. The summed E-state index contributed by atoms with van der Waals surface area (Å²) < 4.78 is 0. The van der Waals surface area contributed by atoms with Gasteiger partial charge in [-0.1, -0.05) is 12.1 Å². The van der Waals surface area contributed by atoms with Gasteiger partial charge in [-0.05, 0) is 37.8 Å². The molecule has 0 aliphatic carbocycles. The van der Waals surface area contributed by atoms with Gasteiger partial charge in [0.05, 0.1) is 17.1 Å². The van der Waals surface area contributed by atoms with Crippen molar-refractivity contribution in [3.05, 3.63) is 30.1 Å². The van der Waals surface area contributed by atoms with Gasteiger partial charge in [-0.3, -0.25) is 9.59 Å². The molecule has 2 heterocycles. The normalized spacial score (nSPS) is 17.0. The summed E-state index contributed by atoms with van der Waals surface area (Å²) in [6.45, 7) is 5.05. The Labute approximate surface area is 141 Å². The molecule has 0 saturated carbocycles. The Hall–Kier alpha value is -2.37. The number of H-pyrrole nitrogens is 1. The minimum atomic E-state index is -0.151. The van der Waals surface area contributed by atoms with E-state index in [0.29, 0.717) is 12.3 Å². The Morgan fingerprint density at radius 3 is 2.71 bits per heavy atom. The van der Waals surface area contributed by atoms with Crippen LogP contribution >= 0.6 is 0 Å². The van der Waals surface area contributed by atoms with E-state index < -0.39 is 0 Å². The van der Waals surface area contributed by atoms with Gasteiger partial charge in [-0.25, -0.2) is 4.98 Å². The topological polar surface area (TPSA) is 78.1 Å². The number of imidazole rings is 1. The first-order chi connectivity index (χ1) is 11.5. The molecule has 2 aromatic rings. The van der Waals surface area contributed by atoms with Crippen molar-refractivity contribution in [1.29, 1.82) is 0 Å². The Balaban J connectivity index is 1.52. The summed E-state index contributed by atoms with van der Waals surface area (Å²) in [6, 6.07) is 7.68. The van der Waals surface area contributed by atoms with Crippen molar-refractivity contribution in [2.45, 2.75) is 39.2 Å². The van der Waals surface area contributed by atoms with Crippen molar-refractivity contribution in [3.8, 4) is 0 Å². The number of piperidine rings is 1. The lowest BCUT2D eigenvalue weighted by Gasteiger charge is -2.31. The third-order valence-corrected chi connectivity index (χ3v) is 4.73. The first-order valence-electron chi connectivity index (χ1n) is 8.52. The SMILES string of the molecule is CC(=O)N1CCC(CC(=O)NC(C)c2nc3ccccc3[nH]2)CC1. The predicted molar refractivity (Wildman–Crippen MR) is 92.2 cm³/mol. The second-order valence-electron chi connectivity index (χ2n) is 6.58. The van der Waals surface area contributed by atoms with Crippen LogP contribution in [0.4, 0.5) is 0 Å². The van der Waals surface area contributed by atoms with E-state index in [4.69, 9.17) is 0 Å². The highest BCUT2D eigenvalue weighted by molar-refractivity contribution is 5.78. The Bertz CT molecular complexity index is 698. The fraction of sp³-hybridized carbons (Fsp3) is 0.500. The molecule has 1 fully saturated rings. The molecule has 0 radical (unpaired) electrons. The number of hydrogen-bond donors (Lipinski definition) is 2. The third kappa shape index (κ3) is 3.75. The number of nitrogens with zero attached hydrogens (tertiary/aromatic N) is 2. The number of carbonyl (C=O) groups is 2. The molecule has 128 valence electrons. The summed E-state index contributed by atoms with van der Waals surface area (Å²) in [5.74, 6) is 1.29. The van der Waals surface area contributed by atoms with E-state index >= 15 is 0 Å². The molecule has 1 aliphatic heterocycles. The Morgan fingerprint density at radius 1 is 1.33 bits per heavy atom. The number of rotatable bonds is 4. The van der Waals surface area contributed by atoms with Gasteiger partial charge in [0.2, 0.25) is 11.8 Å². The lowest BCUT2D eigenvalue weighted by Crippen LogP contribution is -2.38. The number of amides is 2. The minimum absolute atomic E-state index is 0.0456. The van der Waals surface area contributed by atoms with Crippen LogP contribution in [0.25, 0.3) is 11.0 Å². The van der Waals surface area contributed by atoms with E-state index in [1.807, 2.05) is 36.1 Å². The number of aromatic amines is 1. The zero-order chi connectivity index (χ0) is 17.1. The molecule has 2 N–H and O–H groups in total. The van der Waals surface area contributed by atoms with Crippen LogP contribution in [-0.4, -0.2) is 39.8 Å². The monoisotopic (exact) mass is 328 g/mol. The molecule has 1 aromatic heterocycles. The predicted octanol–water partition coefficient (Wildman–Crippen LogP) is 2.39. The summed E-state index contributed by atoms with van der Waals surface area (Å²) in [5, 5.41) is 3.03. The van der Waals surface area contributed by atoms with Gasteiger partial charge in [0.15, 0.2) is 0 Å². The van der Waals surface area contributed by atoms with Gasteiger partial charge < -0.3 is 15.2 Å². The zero-order valence-electron chi connectivity index (χ0n) is 14.2. The summed E-state index contributed by atoms with van der Waals surface area (Å²) in [4.78, 5) is 33.3. The van der Waals surface area contributed by atoms with Gasteiger partial charge in [0, 0.05) is 26.4 Å². The van der Waals surface area contributed by atoms with Gasteiger partial charge in [-0.2, -0.15) is 0 Å². The van der Waals surface area contributed by atoms with Crippen LogP contribution in [0.1, 0.15) is 45.0 Å². The fourth-order valence-electron chi connectivity index (χ4n) is 3.26. The van der Waals surface area contributed by atoms with Crippen molar-refractivity contribution >= 4 is 22.8 Å². The largest absolute Gasteiger partial charge is 0.346 e. The van der Waals surface area contributed by atoms with Crippen LogP contribution in [-0.2, 0) is 9.59 Å². The van der Waals surface area contributed by atoms with Crippen LogP contribution in [0.2, 0.25) is 0 Å². The molecular weight excluding hydrogens is 304 g/mol. The number of fused-ring (bicyclic) bond motifs is 1. The molecule has 1 unspecified atom stereocenters. The maximum absolute atomic E-state index is 12.3. The van der Waals surface area contributed by atoms with E-state index in [1.165, 1.54) is 0 Å². The average molecular weight is 328 g/mol. The van der Waals surface area contributed by atoms with Gasteiger partial charge in [-0.15, -0.1) is 0 Å². The van der Waals surface area contributed by atoms with Crippen molar-refractivity contribution in [2.75, 3.05) is 13.1 Å². The number of aromatic nitrogens is 2. The molecule has 3 rings (SSSR count). The van der Waals surface area contributed by atoms with Crippen LogP contribution in [0.15, 0.2) is 24.3 Å². The lowest BCUT2D eigenvalue weighted by molar-refractivity contribution is -0.130. The number of hydrogen-bond acceptors (Lipinski definition) is 3. The first kappa shape index (κ1) is 16.5. The van der Waals surface area contributed by atoms with Crippen LogP contribution in [0, 0.1) is 5.92 Å². The van der Waals surface area contributed by atoms with Crippen molar-refractivity contribution in [3.63, 3.8) is 0 Å². The molecule has 1 saturated heterocycles. The standard InChI is InChI=1S/C18H24N4O2/c1-12(18-20-15-5-3-4-6-16(15)21-18)19-17(24)11-14-7-9-22(10-8-14)13(2)23/h3-6,12,14H,7-11H2,1-2H3,(H,19,24)(H,20,21). The van der Waals surface area contributed by atoms with E-state index in [2.05, 4.69) is 15.3 Å². The summed E-state index contributed by atoms with van der Waals surface area (Å²) in [6.07, 6.45) is 2.30. The van der Waals surface area contributed by atoms with Crippen molar-refractivity contribution in [1.82, 2.24) is 20.2 Å². The number of nitrogens with one attached hydrogen (secondary N) is 2. The van der Waals surface area contributed by atoms with Crippen molar-refractivity contribution in [2.24, 2.45) is 5.92 Å². The Kier molecular flexibility index (Phi) is 4.83. The van der Waals surface area contributed by atoms with Crippen LogP contribution < -0.4 is 5.32 Å². The minimum Gasteiger partial charge on any atom is -0.346 e. The summed E-state index contributed by atoms with van der Waals surface area (Å²) in [7, 11) is 0. The molecule has 24 heavy (non-hydrogen) atoms. The average Bonchev–Trinajstić information content (AvgIpc) is 2.99. The molecule has 6 nitrogen and oxygen atoms in total. The van der Waals surface area contributed by atoms with Gasteiger partial charge in [0.1, 0.15) is 5.82 Å². The second-order valence-corrected chi connectivity index (χ2v) is 6.58. The second kappa shape index (κ2) is 7.03. The van der Waals surface area contributed by atoms with Crippen LogP contribution in [0.3, 0.4) is 0 Å². The highest BCUT2D eigenvalue weighted by Gasteiger charge is 2.23. The lowest BCUT2D eigenvalue weighted by atomic mass is 9.93. The number of benzene rings is 1. The molecule has 0 spiro atoms. The smallest absolute Gasteiger partial charge is 0.220 e. The zero-order valence-corrected chi connectivity index (χ0v) is 14.2. The van der Waals surface area contributed by atoms with Crippen LogP contribution in [0.5, 0.6) is 0 Å². The first-order valence-corrected chi connectivity index (χ1v) is 8.52. The Morgan fingerprint density at radius 2 is 2.04 bits per heavy atom. The fourth-order valence-corrected chi connectivity index (χ4v) is 3.26. The molecule has 1 aromatic carbocycles. The number of likely N-dealkylation sites (tertiary alicyclic amines) is 1. The van der Waals surface area contributed by atoms with Gasteiger partial charge in [0.25, 0.3) is 0 Å². The molecule has 1 aliphatic rings. The highest BCUT2D eigenvalue weighted by atomic mass is 16.2. The maximum Gasteiger partial charge on any atom is 0.220 e. The number of carbonyl (C=O) groups excluding carboxylic acids is 2. The van der Waals surface area contributed by atoms with E-state index in [1.54, 1.807) is 6.92 Å². The molecule has 1 atom stereocenters.